The number of likely N-dealkylation sites (N-methyl/N-ethyl adjacent to an activating group) is 1. The smallest absolute Gasteiger partial charge is 0.191 e. The lowest BCUT2D eigenvalue weighted by Crippen LogP contribution is -2.47. The van der Waals surface area contributed by atoms with Crippen molar-refractivity contribution >= 4 is 41.7 Å². The highest BCUT2D eigenvalue weighted by Crippen LogP contribution is 2.18. The lowest BCUT2D eigenvalue weighted by molar-refractivity contribution is 0.125. The molecule has 1 saturated heterocycles. The van der Waals surface area contributed by atoms with Crippen molar-refractivity contribution in [3.05, 3.63) is 30.1 Å². The van der Waals surface area contributed by atoms with Crippen LogP contribution < -0.4 is 10.6 Å². The van der Waals surface area contributed by atoms with Crippen LogP contribution in [0.1, 0.15) is 27.2 Å². The first kappa shape index (κ1) is 27.5. The van der Waals surface area contributed by atoms with E-state index in [1.165, 1.54) is 38.3 Å². The maximum absolute atomic E-state index is 12.9. The molecule has 5 nitrogen and oxygen atoms in total. The van der Waals surface area contributed by atoms with E-state index in [1.807, 2.05) is 12.1 Å². The topological polar surface area (TPSA) is 42.9 Å². The van der Waals surface area contributed by atoms with Crippen molar-refractivity contribution in [2.45, 2.75) is 32.1 Å². The van der Waals surface area contributed by atoms with Crippen molar-refractivity contribution in [2.24, 2.45) is 10.9 Å². The van der Waals surface area contributed by atoms with Gasteiger partial charge in [0.05, 0.1) is 0 Å². The van der Waals surface area contributed by atoms with Crippen LogP contribution in [0.2, 0.25) is 0 Å². The van der Waals surface area contributed by atoms with Crippen LogP contribution in [0, 0.1) is 11.7 Å². The minimum Gasteiger partial charge on any atom is -0.357 e. The summed E-state index contributed by atoms with van der Waals surface area (Å²) in [6.45, 7) is 16.2. The van der Waals surface area contributed by atoms with Gasteiger partial charge in [0.2, 0.25) is 0 Å². The molecule has 0 spiro atoms. The van der Waals surface area contributed by atoms with Gasteiger partial charge >= 0.3 is 0 Å². The molecule has 8 heteroatoms. The fourth-order valence-electron chi connectivity index (χ4n) is 3.38. The quantitative estimate of drug-likeness (QED) is 0.144. The number of piperazine rings is 1. The third-order valence-electron chi connectivity index (χ3n) is 5.08. The largest absolute Gasteiger partial charge is 0.357 e. The van der Waals surface area contributed by atoms with E-state index in [0.717, 1.165) is 55.8 Å². The molecule has 1 atom stereocenters. The van der Waals surface area contributed by atoms with Gasteiger partial charge in [-0.2, -0.15) is 0 Å². The highest BCUT2D eigenvalue weighted by Gasteiger charge is 2.17. The summed E-state index contributed by atoms with van der Waals surface area (Å²) in [4.78, 5) is 11.0. The Labute approximate surface area is 203 Å². The molecule has 0 amide bonds. The maximum atomic E-state index is 12.9. The summed E-state index contributed by atoms with van der Waals surface area (Å²) in [5.74, 6) is 2.27. The van der Waals surface area contributed by atoms with E-state index in [2.05, 4.69) is 41.2 Å². The molecule has 1 aromatic rings. The maximum Gasteiger partial charge on any atom is 0.191 e. The van der Waals surface area contributed by atoms with E-state index < -0.39 is 0 Å². The molecule has 1 fully saturated rings. The van der Waals surface area contributed by atoms with Crippen molar-refractivity contribution < 1.29 is 4.39 Å². The minimum atomic E-state index is -0.181. The van der Waals surface area contributed by atoms with Gasteiger partial charge in [0.1, 0.15) is 5.82 Å². The number of hydrogen-bond donors (Lipinski definition) is 2. The molecule has 1 aliphatic heterocycles. The lowest BCUT2D eigenvalue weighted by atomic mass is 10.1. The number of nitrogens with one attached hydrogen (secondary N) is 2. The second-order valence-corrected chi connectivity index (χ2v) is 8.81. The van der Waals surface area contributed by atoms with Gasteiger partial charge in [-0.15, -0.1) is 35.7 Å². The number of nitrogens with zero attached hydrogens (tertiary/aromatic N) is 3. The van der Waals surface area contributed by atoms with Crippen LogP contribution in [0.4, 0.5) is 4.39 Å². The molecule has 2 rings (SSSR count). The average molecular weight is 552 g/mol. The number of halogens is 2. The Hall–Kier alpha value is -0.580. The van der Waals surface area contributed by atoms with Gasteiger partial charge in [-0.25, -0.2) is 4.39 Å². The Morgan fingerprint density at radius 1 is 1.10 bits per heavy atom. The number of thioether (sulfide) groups is 1. The van der Waals surface area contributed by atoms with Crippen LogP contribution in [0.5, 0.6) is 0 Å². The molecular formula is C22H39FIN5S. The number of benzene rings is 1. The Balaban J connectivity index is 0.00000450. The van der Waals surface area contributed by atoms with Gasteiger partial charge < -0.3 is 20.4 Å². The molecule has 1 aromatic carbocycles. The predicted molar refractivity (Wildman–Crippen MR) is 139 cm³/mol. The highest BCUT2D eigenvalue weighted by molar-refractivity contribution is 14.0. The number of rotatable bonds is 11. The molecule has 0 radical (unpaired) electrons. The molecule has 1 unspecified atom stereocenters. The first-order chi connectivity index (χ1) is 14.1. The molecule has 1 heterocycles. The Morgan fingerprint density at radius 3 is 2.40 bits per heavy atom. The van der Waals surface area contributed by atoms with Crippen molar-refractivity contribution in [3.63, 3.8) is 0 Å². The fourth-order valence-corrected chi connectivity index (χ4v) is 4.23. The molecule has 1 aliphatic rings. The van der Waals surface area contributed by atoms with Gasteiger partial charge in [0.15, 0.2) is 5.96 Å². The first-order valence-corrected chi connectivity index (χ1v) is 11.9. The molecule has 30 heavy (non-hydrogen) atoms. The third-order valence-corrected chi connectivity index (χ3v) is 6.18. The molecule has 2 N–H and O–H groups in total. The van der Waals surface area contributed by atoms with Crippen LogP contribution >= 0.6 is 35.7 Å². The van der Waals surface area contributed by atoms with E-state index in [4.69, 9.17) is 4.99 Å². The summed E-state index contributed by atoms with van der Waals surface area (Å²) in [5, 5.41) is 6.77. The highest BCUT2D eigenvalue weighted by atomic mass is 127. The Bertz CT molecular complexity index is 594. The molecule has 0 aromatic heterocycles. The van der Waals surface area contributed by atoms with Gasteiger partial charge in [-0.05, 0) is 55.8 Å². The van der Waals surface area contributed by atoms with E-state index in [9.17, 15) is 4.39 Å². The van der Waals surface area contributed by atoms with Gasteiger partial charge in [-0.3, -0.25) is 4.99 Å². The Morgan fingerprint density at radius 2 is 1.77 bits per heavy atom. The summed E-state index contributed by atoms with van der Waals surface area (Å²) >= 11 is 1.76. The number of hydrogen-bond acceptors (Lipinski definition) is 4. The zero-order valence-corrected chi connectivity index (χ0v) is 21.8. The molecule has 172 valence electrons. The van der Waals surface area contributed by atoms with Crippen LogP contribution in [0.25, 0.3) is 0 Å². The van der Waals surface area contributed by atoms with Crippen LogP contribution in [0.15, 0.2) is 34.2 Å². The van der Waals surface area contributed by atoms with Crippen LogP contribution in [-0.4, -0.2) is 80.4 Å². The molecule has 0 bridgehead atoms. The summed E-state index contributed by atoms with van der Waals surface area (Å²) in [7, 11) is 0. The van der Waals surface area contributed by atoms with Gasteiger partial charge in [0.25, 0.3) is 0 Å². The van der Waals surface area contributed by atoms with Crippen LogP contribution in [0.3, 0.4) is 0 Å². The third kappa shape index (κ3) is 11.2. The van der Waals surface area contributed by atoms with E-state index in [-0.39, 0.29) is 29.8 Å². The fraction of sp³-hybridized carbons (Fsp3) is 0.682. The van der Waals surface area contributed by atoms with Crippen molar-refractivity contribution in [1.29, 1.82) is 0 Å². The zero-order chi connectivity index (χ0) is 20.9. The van der Waals surface area contributed by atoms with E-state index >= 15 is 0 Å². The molecule has 0 saturated carbocycles. The summed E-state index contributed by atoms with van der Waals surface area (Å²) in [5.41, 5.74) is 0. The first-order valence-electron chi connectivity index (χ1n) is 11.0. The summed E-state index contributed by atoms with van der Waals surface area (Å²) in [6.07, 6.45) is 1.03. The van der Waals surface area contributed by atoms with E-state index in [1.54, 1.807) is 11.8 Å². The minimum absolute atomic E-state index is 0. The normalized spacial score (nSPS) is 16.7. The predicted octanol–water partition coefficient (Wildman–Crippen LogP) is 3.75. The summed E-state index contributed by atoms with van der Waals surface area (Å²) < 4.78 is 12.9. The van der Waals surface area contributed by atoms with Gasteiger partial charge in [0, 0.05) is 57.3 Å². The van der Waals surface area contributed by atoms with Crippen molar-refractivity contribution in [2.75, 3.05) is 64.7 Å². The van der Waals surface area contributed by atoms with Gasteiger partial charge in [-0.1, -0.05) is 13.8 Å². The van der Waals surface area contributed by atoms with Crippen molar-refractivity contribution in [1.82, 2.24) is 20.4 Å². The second-order valence-electron chi connectivity index (χ2n) is 7.64. The second kappa shape index (κ2) is 16.1. The SMILES string of the molecule is CCNC(=NCC(C)CN1CCN(CC)CC1)NCCCSc1ccc(F)cc1.I. The average Bonchev–Trinajstić information content (AvgIpc) is 2.73. The lowest BCUT2D eigenvalue weighted by Gasteiger charge is -2.35. The van der Waals surface area contributed by atoms with Crippen LogP contribution in [-0.2, 0) is 0 Å². The summed E-state index contributed by atoms with van der Waals surface area (Å²) in [6, 6.07) is 6.70. The monoisotopic (exact) mass is 551 g/mol. The molecule has 0 aliphatic carbocycles. The zero-order valence-electron chi connectivity index (χ0n) is 18.7. The Kier molecular flexibility index (Phi) is 14.7. The standard InChI is InChI=1S/C22H38FN5S.HI/c1-4-24-22(25-11-6-16-29-21-9-7-20(23)8-10-21)26-17-19(3)18-28-14-12-27(5-2)13-15-28;/h7-10,19H,4-6,11-18H2,1-3H3,(H2,24,25,26);1H. The number of aliphatic imine (C=N–C) groups is 1. The molecular weight excluding hydrogens is 512 g/mol. The van der Waals surface area contributed by atoms with Crippen molar-refractivity contribution in [3.8, 4) is 0 Å². The van der Waals surface area contributed by atoms with E-state index in [0.29, 0.717) is 5.92 Å². The number of guanidine groups is 1.